The van der Waals surface area contributed by atoms with Crippen molar-refractivity contribution in [3.8, 4) is 11.5 Å². The largest absolute Gasteiger partial charge is 0.490 e. The number of hydrazone groups is 1. The molecule has 0 unspecified atom stereocenters. The first-order valence-corrected chi connectivity index (χ1v) is 9.42. The molecule has 0 radical (unpaired) electrons. The van der Waals surface area contributed by atoms with Crippen molar-refractivity contribution in [2.24, 2.45) is 5.10 Å². The fraction of sp³-hybridized carbons (Fsp3) is 0.190. The molecule has 3 aromatic rings. The quantitative estimate of drug-likeness (QED) is 0.428. The number of rotatable bonds is 8. The maximum atomic E-state index is 11.4. The van der Waals surface area contributed by atoms with Gasteiger partial charge in [0, 0.05) is 0 Å². The molecule has 8 heteroatoms. The van der Waals surface area contributed by atoms with E-state index in [4.69, 9.17) is 21.1 Å². The van der Waals surface area contributed by atoms with E-state index >= 15 is 0 Å². The Kier molecular flexibility index (Phi) is 6.86. The van der Waals surface area contributed by atoms with Crippen molar-refractivity contribution in [2.75, 3.05) is 12.0 Å². The van der Waals surface area contributed by atoms with Gasteiger partial charge in [0.15, 0.2) is 11.5 Å². The van der Waals surface area contributed by atoms with Crippen LogP contribution in [0.1, 0.15) is 23.6 Å². The van der Waals surface area contributed by atoms with Gasteiger partial charge < -0.3 is 9.47 Å². The number of nitrogens with zero attached hydrogens (tertiary/aromatic N) is 2. The van der Waals surface area contributed by atoms with Crippen LogP contribution in [-0.4, -0.2) is 23.0 Å². The van der Waals surface area contributed by atoms with Crippen LogP contribution in [-0.2, 0) is 6.61 Å². The highest BCUT2D eigenvalue weighted by atomic mass is 35.5. The second-order valence-corrected chi connectivity index (χ2v) is 6.59. The highest BCUT2D eigenvalue weighted by molar-refractivity contribution is 6.32. The smallest absolute Gasteiger partial charge is 0.285 e. The van der Waals surface area contributed by atoms with Crippen LogP contribution >= 0.6 is 11.6 Å². The number of hydrogen-bond acceptors (Lipinski definition) is 6. The van der Waals surface area contributed by atoms with Crippen LogP contribution in [0.4, 0.5) is 5.69 Å². The number of nitrogens with one attached hydrogen (secondary N) is 2. The van der Waals surface area contributed by atoms with E-state index in [-0.39, 0.29) is 5.02 Å². The lowest BCUT2D eigenvalue weighted by molar-refractivity contribution is 0.269. The zero-order valence-corrected chi connectivity index (χ0v) is 16.9. The molecule has 29 heavy (non-hydrogen) atoms. The minimum absolute atomic E-state index is 0.00740. The number of hydrogen-bond donors (Lipinski definition) is 2. The summed E-state index contributed by atoms with van der Waals surface area (Å²) in [5.41, 5.74) is 5.61. The van der Waals surface area contributed by atoms with Crippen molar-refractivity contribution in [1.29, 1.82) is 0 Å². The molecule has 0 aliphatic rings. The summed E-state index contributed by atoms with van der Waals surface area (Å²) in [5, 5.41) is 10.0. The topological polar surface area (TPSA) is 88.6 Å². The summed E-state index contributed by atoms with van der Waals surface area (Å²) in [7, 11) is 0. The summed E-state index contributed by atoms with van der Waals surface area (Å²) in [6.45, 7) is 4.92. The molecule has 1 aromatic heterocycles. The molecule has 2 N–H and O–H groups in total. The summed E-state index contributed by atoms with van der Waals surface area (Å²) < 4.78 is 11.6. The summed E-state index contributed by atoms with van der Waals surface area (Å²) in [6.07, 6.45) is 2.97. The first-order chi connectivity index (χ1) is 14.1. The zero-order valence-electron chi connectivity index (χ0n) is 16.1. The van der Waals surface area contributed by atoms with Crippen molar-refractivity contribution in [2.45, 2.75) is 20.5 Å². The number of aromatic amines is 1. The molecule has 0 atom stereocenters. The third-order valence-corrected chi connectivity index (χ3v) is 4.35. The third-order valence-electron chi connectivity index (χ3n) is 3.98. The van der Waals surface area contributed by atoms with Crippen molar-refractivity contribution in [3.05, 3.63) is 80.7 Å². The molecule has 7 nitrogen and oxygen atoms in total. The maximum Gasteiger partial charge on any atom is 0.285 e. The van der Waals surface area contributed by atoms with Crippen LogP contribution in [0.2, 0.25) is 5.02 Å². The number of ether oxygens (including phenoxy) is 2. The lowest BCUT2D eigenvalue weighted by atomic mass is 10.2. The van der Waals surface area contributed by atoms with E-state index in [2.05, 4.69) is 32.9 Å². The fourth-order valence-electron chi connectivity index (χ4n) is 2.48. The van der Waals surface area contributed by atoms with Gasteiger partial charge >= 0.3 is 0 Å². The number of H-pyrrole nitrogens is 1. The number of halogens is 1. The van der Waals surface area contributed by atoms with E-state index in [1.54, 1.807) is 6.21 Å². The number of aromatic nitrogens is 2. The van der Waals surface area contributed by atoms with Crippen LogP contribution < -0.4 is 20.5 Å². The van der Waals surface area contributed by atoms with E-state index in [1.807, 2.05) is 44.2 Å². The van der Waals surface area contributed by atoms with Gasteiger partial charge in [0.2, 0.25) is 0 Å². The van der Waals surface area contributed by atoms with Gasteiger partial charge in [-0.2, -0.15) is 10.2 Å². The molecular weight excluding hydrogens is 392 g/mol. The summed E-state index contributed by atoms with van der Waals surface area (Å²) in [6, 6.07) is 13.7. The first-order valence-electron chi connectivity index (χ1n) is 9.04. The number of benzene rings is 2. The molecule has 0 aliphatic heterocycles. The van der Waals surface area contributed by atoms with Crippen LogP contribution in [0.25, 0.3) is 0 Å². The van der Waals surface area contributed by atoms with Crippen LogP contribution in [0.5, 0.6) is 11.5 Å². The minimum atomic E-state index is -0.486. The van der Waals surface area contributed by atoms with Crippen molar-refractivity contribution in [1.82, 2.24) is 10.2 Å². The van der Waals surface area contributed by atoms with Gasteiger partial charge in [-0.15, -0.1) is 0 Å². The number of anilines is 1. The van der Waals surface area contributed by atoms with Gasteiger partial charge in [-0.1, -0.05) is 41.4 Å². The highest BCUT2D eigenvalue weighted by Crippen LogP contribution is 2.29. The fourth-order valence-corrected chi connectivity index (χ4v) is 2.61. The second-order valence-electron chi connectivity index (χ2n) is 6.21. The SMILES string of the molecule is CCOc1cc(/C=N\Nc2cn[nH]c(=O)c2Cl)ccc1OCc1ccc(C)cc1. The lowest BCUT2D eigenvalue weighted by Gasteiger charge is -2.13. The predicted octanol–water partition coefficient (Wildman–Crippen LogP) is 4.16. The van der Waals surface area contributed by atoms with Gasteiger partial charge in [-0.05, 0) is 43.2 Å². The van der Waals surface area contributed by atoms with Crippen LogP contribution in [0.3, 0.4) is 0 Å². The number of aryl methyl sites for hydroxylation is 1. The molecule has 0 bridgehead atoms. The average Bonchev–Trinajstić information content (AvgIpc) is 2.72. The van der Waals surface area contributed by atoms with Gasteiger partial charge in [0.05, 0.1) is 19.0 Å². The van der Waals surface area contributed by atoms with E-state index in [9.17, 15) is 4.79 Å². The molecule has 0 fully saturated rings. The molecule has 0 amide bonds. The Hall–Kier alpha value is -3.32. The molecule has 0 spiro atoms. The Balaban J connectivity index is 1.70. The molecule has 0 saturated heterocycles. The zero-order chi connectivity index (χ0) is 20.6. The van der Waals surface area contributed by atoms with Gasteiger partial charge in [-0.3, -0.25) is 10.2 Å². The van der Waals surface area contributed by atoms with E-state index < -0.39 is 5.56 Å². The molecule has 0 aliphatic carbocycles. The molecule has 0 saturated carbocycles. The average molecular weight is 413 g/mol. The summed E-state index contributed by atoms with van der Waals surface area (Å²) in [4.78, 5) is 11.4. The molecule has 150 valence electrons. The molecule has 3 rings (SSSR count). The monoisotopic (exact) mass is 412 g/mol. The summed E-state index contributed by atoms with van der Waals surface area (Å²) in [5.74, 6) is 1.28. The highest BCUT2D eigenvalue weighted by Gasteiger charge is 2.07. The van der Waals surface area contributed by atoms with Gasteiger partial charge in [0.1, 0.15) is 17.3 Å². The minimum Gasteiger partial charge on any atom is -0.490 e. The predicted molar refractivity (Wildman–Crippen MR) is 114 cm³/mol. The van der Waals surface area contributed by atoms with Crippen molar-refractivity contribution in [3.63, 3.8) is 0 Å². The maximum absolute atomic E-state index is 11.4. The normalized spacial score (nSPS) is 10.9. The second kappa shape index (κ2) is 9.75. The Bertz CT molecular complexity index is 1050. The van der Waals surface area contributed by atoms with E-state index in [0.717, 1.165) is 11.1 Å². The third kappa shape index (κ3) is 5.58. The van der Waals surface area contributed by atoms with Crippen molar-refractivity contribution < 1.29 is 9.47 Å². The Morgan fingerprint density at radius 1 is 1.17 bits per heavy atom. The first kappa shape index (κ1) is 20.4. The summed E-state index contributed by atoms with van der Waals surface area (Å²) >= 11 is 5.90. The van der Waals surface area contributed by atoms with Crippen LogP contribution in [0, 0.1) is 6.92 Å². The van der Waals surface area contributed by atoms with Gasteiger partial charge in [0.25, 0.3) is 5.56 Å². The van der Waals surface area contributed by atoms with E-state index in [1.165, 1.54) is 11.8 Å². The standard InChI is InChI=1S/C21H21ClN4O3/c1-3-28-19-10-16(11-23-25-17-12-24-26-21(27)20(17)22)8-9-18(19)29-13-15-6-4-14(2)5-7-15/h4-12H,3,13H2,1-2H3,(H2,25,26,27)/b23-11-. The molecule has 1 heterocycles. The van der Waals surface area contributed by atoms with Gasteiger partial charge in [-0.25, -0.2) is 5.10 Å². The lowest BCUT2D eigenvalue weighted by Crippen LogP contribution is -2.10. The van der Waals surface area contributed by atoms with Crippen LogP contribution in [0.15, 0.2) is 58.6 Å². The van der Waals surface area contributed by atoms with Crippen molar-refractivity contribution >= 4 is 23.5 Å². The Morgan fingerprint density at radius 3 is 2.72 bits per heavy atom. The Morgan fingerprint density at radius 2 is 1.97 bits per heavy atom. The van der Waals surface area contributed by atoms with E-state index in [0.29, 0.717) is 30.4 Å². The molecular formula is C21H21ClN4O3. The molecule has 2 aromatic carbocycles. The Labute approximate surface area is 173 Å².